The van der Waals surface area contributed by atoms with E-state index in [1.54, 1.807) is 36.5 Å². The first-order chi connectivity index (χ1) is 26.9. The Bertz CT molecular complexity index is 1210. The molecule has 56 heavy (non-hydrogen) atoms. The maximum atomic E-state index is 12.6. The SMILES string of the molecule is CC/C=C\C[C@@H](O)/C=C/C=C\C=C\[C@@H](O)C/C=C\C/C=C\CCC(=O)OC[C@H](COP(=O)(O)OC[C@@H](O)CO)OC(=O)CCCCCCCCCCC(C)CC. The summed E-state index contributed by atoms with van der Waals surface area (Å²) in [5.41, 5.74) is 0. The number of phosphoric acid groups is 1. The Balaban J connectivity index is 4.58. The van der Waals surface area contributed by atoms with Crippen LogP contribution in [0.3, 0.4) is 0 Å². The summed E-state index contributed by atoms with van der Waals surface area (Å²) < 4.78 is 32.5. The summed E-state index contributed by atoms with van der Waals surface area (Å²) in [5, 5.41) is 38.2. The second kappa shape index (κ2) is 36.7. The number of hydrogen-bond acceptors (Lipinski definition) is 11. The van der Waals surface area contributed by atoms with Gasteiger partial charge in [-0.15, -0.1) is 0 Å². The molecule has 6 atom stereocenters. The van der Waals surface area contributed by atoms with Crippen molar-refractivity contribution >= 4 is 19.8 Å². The highest BCUT2D eigenvalue weighted by molar-refractivity contribution is 7.47. The number of rotatable bonds is 36. The monoisotopic (exact) mass is 812 g/mol. The lowest BCUT2D eigenvalue weighted by atomic mass is 9.99. The minimum absolute atomic E-state index is 0.0569. The van der Waals surface area contributed by atoms with Crippen LogP contribution in [0.1, 0.15) is 130 Å². The highest BCUT2D eigenvalue weighted by atomic mass is 31.2. The van der Waals surface area contributed by atoms with Gasteiger partial charge in [-0.2, -0.15) is 0 Å². The topological polar surface area (TPSA) is 189 Å². The number of hydrogen-bond donors (Lipinski definition) is 5. The zero-order valence-corrected chi connectivity index (χ0v) is 35.1. The Labute approximate surface area is 336 Å². The van der Waals surface area contributed by atoms with Crippen LogP contribution in [0.25, 0.3) is 0 Å². The van der Waals surface area contributed by atoms with E-state index < -0.39 is 70.6 Å². The van der Waals surface area contributed by atoms with Crippen molar-refractivity contribution in [2.75, 3.05) is 26.4 Å². The molecule has 0 radical (unpaired) electrons. The summed E-state index contributed by atoms with van der Waals surface area (Å²) >= 11 is 0. The molecule has 0 saturated carbocycles. The lowest BCUT2D eigenvalue weighted by Gasteiger charge is -2.20. The summed E-state index contributed by atoms with van der Waals surface area (Å²) in [7, 11) is -4.66. The molecule has 0 amide bonds. The molecule has 2 unspecified atom stereocenters. The molecule has 0 aliphatic carbocycles. The van der Waals surface area contributed by atoms with Crippen LogP contribution in [0.5, 0.6) is 0 Å². The molecule has 0 rings (SSSR count). The van der Waals surface area contributed by atoms with E-state index >= 15 is 0 Å². The number of unbranched alkanes of at least 4 members (excludes halogenated alkanes) is 7. The van der Waals surface area contributed by atoms with E-state index in [-0.39, 0.29) is 12.8 Å². The molecule has 0 aliphatic rings. The summed E-state index contributed by atoms with van der Waals surface area (Å²) in [6.45, 7) is 4.26. The van der Waals surface area contributed by atoms with Gasteiger partial charge in [-0.05, 0) is 44.4 Å². The Morgan fingerprint density at radius 1 is 0.679 bits per heavy atom. The first-order valence-electron chi connectivity index (χ1n) is 20.5. The van der Waals surface area contributed by atoms with Gasteiger partial charge in [0.25, 0.3) is 0 Å². The molecule has 0 spiro atoms. The van der Waals surface area contributed by atoms with Crippen molar-refractivity contribution in [1.82, 2.24) is 0 Å². The van der Waals surface area contributed by atoms with Crippen LogP contribution in [0.4, 0.5) is 0 Å². The molecule has 0 aromatic heterocycles. The molecule has 0 aromatic rings. The van der Waals surface area contributed by atoms with Crippen molar-refractivity contribution in [1.29, 1.82) is 0 Å². The van der Waals surface area contributed by atoms with Gasteiger partial charge < -0.3 is 34.8 Å². The number of aliphatic hydroxyl groups is 4. The van der Waals surface area contributed by atoms with Crippen LogP contribution in [0.2, 0.25) is 0 Å². The minimum Gasteiger partial charge on any atom is -0.462 e. The molecule has 0 heterocycles. The number of phosphoric ester groups is 1. The highest BCUT2D eigenvalue weighted by Crippen LogP contribution is 2.43. The van der Waals surface area contributed by atoms with Gasteiger partial charge in [0.1, 0.15) is 12.7 Å². The van der Waals surface area contributed by atoms with Crippen LogP contribution in [-0.2, 0) is 32.7 Å². The third-order valence-corrected chi connectivity index (χ3v) is 9.55. The summed E-state index contributed by atoms with van der Waals surface area (Å²) in [5.74, 6) is -0.310. The average Bonchev–Trinajstić information content (AvgIpc) is 3.17. The normalized spacial score (nSPS) is 16.4. The zero-order valence-electron chi connectivity index (χ0n) is 34.2. The lowest BCUT2D eigenvalue weighted by molar-refractivity contribution is -0.161. The number of carbonyl (C=O) groups excluding carboxylic acids is 2. The summed E-state index contributed by atoms with van der Waals surface area (Å²) in [4.78, 5) is 34.9. The molecular formula is C43H73O12P. The van der Waals surface area contributed by atoms with Crippen molar-refractivity contribution in [3.8, 4) is 0 Å². The second-order valence-corrected chi connectivity index (χ2v) is 15.4. The smallest absolute Gasteiger partial charge is 0.462 e. The van der Waals surface area contributed by atoms with Crippen LogP contribution in [0.15, 0.2) is 72.9 Å². The third-order valence-electron chi connectivity index (χ3n) is 8.60. The maximum absolute atomic E-state index is 12.6. The van der Waals surface area contributed by atoms with Crippen molar-refractivity contribution in [3.63, 3.8) is 0 Å². The summed E-state index contributed by atoms with van der Waals surface area (Å²) in [6.07, 6.45) is 32.4. The molecular weight excluding hydrogens is 739 g/mol. The van der Waals surface area contributed by atoms with Gasteiger partial charge in [0.2, 0.25) is 0 Å². The maximum Gasteiger partial charge on any atom is 0.472 e. The Morgan fingerprint density at radius 2 is 1.25 bits per heavy atom. The van der Waals surface area contributed by atoms with Crippen LogP contribution in [0, 0.1) is 5.92 Å². The predicted molar refractivity (Wildman–Crippen MR) is 222 cm³/mol. The minimum atomic E-state index is -4.66. The third kappa shape index (κ3) is 35.7. The molecule has 0 bridgehead atoms. The van der Waals surface area contributed by atoms with E-state index in [1.165, 1.54) is 38.5 Å². The quantitative estimate of drug-likeness (QED) is 0.0134. The molecule has 13 heteroatoms. The van der Waals surface area contributed by atoms with E-state index in [9.17, 15) is 34.4 Å². The molecule has 322 valence electrons. The van der Waals surface area contributed by atoms with Crippen LogP contribution in [-0.4, -0.2) is 88.1 Å². The van der Waals surface area contributed by atoms with Crippen molar-refractivity contribution in [2.45, 2.75) is 154 Å². The van der Waals surface area contributed by atoms with Gasteiger partial charge in [-0.25, -0.2) is 4.57 Å². The predicted octanol–water partition coefficient (Wildman–Crippen LogP) is 8.29. The van der Waals surface area contributed by atoms with Crippen molar-refractivity contribution < 1.29 is 58.0 Å². The van der Waals surface area contributed by atoms with Crippen molar-refractivity contribution in [3.05, 3.63) is 72.9 Å². The number of aliphatic hydroxyl groups excluding tert-OH is 4. The van der Waals surface area contributed by atoms with Gasteiger partial charge in [0.15, 0.2) is 6.10 Å². The van der Waals surface area contributed by atoms with E-state index in [4.69, 9.17) is 19.1 Å². The Kier molecular flexibility index (Phi) is 34.9. The highest BCUT2D eigenvalue weighted by Gasteiger charge is 2.27. The second-order valence-electron chi connectivity index (χ2n) is 13.9. The number of carbonyl (C=O) groups is 2. The fourth-order valence-electron chi connectivity index (χ4n) is 4.99. The van der Waals surface area contributed by atoms with Crippen LogP contribution >= 0.6 is 7.82 Å². The molecule has 12 nitrogen and oxygen atoms in total. The largest absolute Gasteiger partial charge is 0.472 e. The van der Waals surface area contributed by atoms with Crippen LogP contribution < -0.4 is 0 Å². The van der Waals surface area contributed by atoms with Crippen molar-refractivity contribution in [2.24, 2.45) is 5.92 Å². The Morgan fingerprint density at radius 3 is 1.86 bits per heavy atom. The number of allylic oxidation sites excluding steroid dienone is 8. The molecule has 5 N–H and O–H groups in total. The van der Waals surface area contributed by atoms with E-state index in [0.717, 1.165) is 31.6 Å². The fourth-order valence-corrected chi connectivity index (χ4v) is 5.78. The summed E-state index contributed by atoms with van der Waals surface area (Å²) in [6, 6.07) is 0. The van der Waals surface area contributed by atoms with E-state index in [1.807, 2.05) is 43.4 Å². The molecule has 0 fully saturated rings. The van der Waals surface area contributed by atoms with Gasteiger partial charge >= 0.3 is 19.8 Å². The molecule has 0 aliphatic heterocycles. The average molecular weight is 813 g/mol. The Hall–Kier alpha value is -2.67. The van der Waals surface area contributed by atoms with Gasteiger partial charge in [0.05, 0.1) is 32.0 Å². The van der Waals surface area contributed by atoms with E-state index in [0.29, 0.717) is 32.1 Å². The van der Waals surface area contributed by atoms with Gasteiger partial charge in [-0.3, -0.25) is 18.6 Å². The number of esters is 2. The fraction of sp³-hybridized carbons (Fsp3) is 0.674. The first-order valence-corrected chi connectivity index (χ1v) is 22.0. The first kappa shape index (κ1) is 53.3. The van der Waals surface area contributed by atoms with Gasteiger partial charge in [-0.1, -0.05) is 151 Å². The standard InChI is InChI=1S/C43H73O12P/c1-4-6-19-27-38(45)29-22-17-18-23-30-39(46)28-21-14-11-12-15-24-31-42(48)52-35-41(36-54-56(50,51)53-34-40(47)33-44)55-43(49)32-25-16-10-8-7-9-13-20-26-37(3)5-2/h6,12,14-15,17-19,21-23,29-30,37-41,44-47H,4-5,7-11,13,16,20,24-28,31-36H2,1-3H3,(H,50,51)/b15-12-,18-17-,19-6-,21-14-,29-22+,30-23+/t37?,38-,39+,40+,41-/m1/s1. The zero-order chi connectivity index (χ0) is 41.7. The van der Waals surface area contributed by atoms with Gasteiger partial charge in [0, 0.05) is 12.8 Å². The van der Waals surface area contributed by atoms with E-state index in [2.05, 4.69) is 18.4 Å². The molecule has 0 saturated heterocycles. The lowest BCUT2D eigenvalue weighted by Crippen LogP contribution is -2.29. The number of ether oxygens (including phenoxy) is 2. The molecule has 0 aromatic carbocycles.